The number of halogens is 1. The highest BCUT2D eigenvalue weighted by Crippen LogP contribution is 2.00. The summed E-state index contributed by atoms with van der Waals surface area (Å²) in [6, 6.07) is -1.76. The number of ether oxygens (including phenoxy) is 2. The van der Waals surface area contributed by atoms with Crippen molar-refractivity contribution in [1.82, 2.24) is 5.32 Å². The van der Waals surface area contributed by atoms with Crippen molar-refractivity contribution in [2.24, 2.45) is 5.73 Å². The van der Waals surface area contributed by atoms with Gasteiger partial charge in [-0.25, -0.2) is 4.79 Å². The van der Waals surface area contributed by atoms with Crippen molar-refractivity contribution in [3.63, 3.8) is 0 Å². The minimum atomic E-state index is -0.900. The molecule has 0 spiro atoms. The average molecular weight is 309 g/mol. The first-order valence-corrected chi connectivity index (χ1v) is 6.93. The molecule has 1 unspecified atom stereocenters. The Morgan fingerprint density at radius 2 is 1.70 bits per heavy atom. The SMILES string of the molecule is CCOC(=O)C(N)CCC(=O)N[C@@H](CCl)C(=O)OCC. The summed E-state index contributed by atoms with van der Waals surface area (Å²) in [5, 5.41) is 2.42. The molecular formula is C12H21ClN2O5. The van der Waals surface area contributed by atoms with Crippen LogP contribution in [-0.4, -0.2) is 49.0 Å². The first-order valence-electron chi connectivity index (χ1n) is 6.40. The zero-order chi connectivity index (χ0) is 15.5. The number of hydrogen-bond acceptors (Lipinski definition) is 6. The van der Waals surface area contributed by atoms with Crippen LogP contribution in [0.4, 0.5) is 0 Å². The number of rotatable bonds is 9. The number of nitrogens with two attached hydrogens (primary N) is 1. The van der Waals surface area contributed by atoms with Crippen molar-refractivity contribution < 1.29 is 23.9 Å². The summed E-state index contributed by atoms with van der Waals surface area (Å²) in [5.41, 5.74) is 5.55. The second-order valence-corrected chi connectivity index (χ2v) is 4.23. The van der Waals surface area contributed by atoms with Crippen molar-refractivity contribution in [3.05, 3.63) is 0 Å². The Morgan fingerprint density at radius 3 is 2.20 bits per heavy atom. The van der Waals surface area contributed by atoms with Crippen LogP contribution in [0.2, 0.25) is 0 Å². The molecule has 0 saturated carbocycles. The second-order valence-electron chi connectivity index (χ2n) is 3.92. The van der Waals surface area contributed by atoms with Crippen LogP contribution in [0.3, 0.4) is 0 Å². The van der Waals surface area contributed by atoms with Gasteiger partial charge in [0.05, 0.1) is 19.1 Å². The van der Waals surface area contributed by atoms with Gasteiger partial charge >= 0.3 is 11.9 Å². The molecule has 0 heterocycles. The molecule has 0 aliphatic carbocycles. The smallest absolute Gasteiger partial charge is 0.329 e. The molecule has 0 aliphatic rings. The van der Waals surface area contributed by atoms with E-state index in [0.717, 1.165) is 0 Å². The average Bonchev–Trinajstić information content (AvgIpc) is 2.42. The van der Waals surface area contributed by atoms with Crippen molar-refractivity contribution >= 4 is 29.4 Å². The summed E-state index contributed by atoms with van der Waals surface area (Å²) in [4.78, 5) is 34.3. The minimum absolute atomic E-state index is 0.00717. The molecule has 1 amide bonds. The van der Waals surface area contributed by atoms with E-state index in [1.54, 1.807) is 13.8 Å². The van der Waals surface area contributed by atoms with E-state index in [1.165, 1.54) is 0 Å². The van der Waals surface area contributed by atoms with Crippen LogP contribution in [-0.2, 0) is 23.9 Å². The lowest BCUT2D eigenvalue weighted by Crippen LogP contribution is -2.44. The molecule has 116 valence electrons. The standard InChI is InChI=1S/C12H21ClN2O5/c1-3-19-11(17)8(14)5-6-10(16)15-9(7-13)12(18)20-4-2/h8-9H,3-7,14H2,1-2H3,(H,15,16)/t8?,9-/m0/s1. The van der Waals surface area contributed by atoms with Crippen LogP contribution in [0, 0.1) is 0 Å². The Labute approximate surface area is 123 Å². The molecule has 0 aromatic heterocycles. The number of esters is 2. The fraction of sp³-hybridized carbons (Fsp3) is 0.750. The Kier molecular flexibility index (Phi) is 9.75. The first kappa shape index (κ1) is 18.7. The molecule has 7 nitrogen and oxygen atoms in total. The number of hydrogen-bond donors (Lipinski definition) is 2. The van der Waals surface area contributed by atoms with Gasteiger partial charge in [-0.1, -0.05) is 0 Å². The summed E-state index contributed by atoms with van der Waals surface area (Å²) < 4.78 is 9.47. The fourth-order valence-electron chi connectivity index (χ4n) is 1.32. The molecule has 0 aliphatic heterocycles. The zero-order valence-electron chi connectivity index (χ0n) is 11.7. The summed E-state index contributed by atoms with van der Waals surface area (Å²) in [6.07, 6.45) is 0.120. The second kappa shape index (κ2) is 10.4. The minimum Gasteiger partial charge on any atom is -0.465 e. The van der Waals surface area contributed by atoms with Gasteiger partial charge in [0.2, 0.25) is 5.91 Å². The molecule has 0 aromatic carbocycles. The molecule has 0 rings (SSSR count). The molecule has 20 heavy (non-hydrogen) atoms. The van der Waals surface area contributed by atoms with E-state index in [2.05, 4.69) is 5.32 Å². The van der Waals surface area contributed by atoms with Crippen molar-refractivity contribution in [1.29, 1.82) is 0 Å². The van der Waals surface area contributed by atoms with E-state index >= 15 is 0 Å². The summed E-state index contributed by atoms with van der Waals surface area (Å²) in [5.74, 6) is -1.66. The number of carbonyl (C=O) groups excluding carboxylic acids is 3. The molecule has 0 saturated heterocycles. The van der Waals surface area contributed by atoms with Gasteiger partial charge in [-0.05, 0) is 20.3 Å². The van der Waals surface area contributed by atoms with Crippen LogP contribution in [0.5, 0.6) is 0 Å². The summed E-state index contributed by atoms with van der Waals surface area (Å²) in [6.45, 7) is 3.76. The van der Waals surface area contributed by atoms with E-state index in [1.807, 2.05) is 0 Å². The quantitative estimate of drug-likeness (QED) is 0.456. The molecule has 0 radical (unpaired) electrons. The highest BCUT2D eigenvalue weighted by atomic mass is 35.5. The Balaban J connectivity index is 4.14. The Bertz CT molecular complexity index is 338. The molecule has 3 N–H and O–H groups in total. The van der Waals surface area contributed by atoms with Crippen LogP contribution in [0.25, 0.3) is 0 Å². The van der Waals surface area contributed by atoms with E-state index in [0.29, 0.717) is 0 Å². The van der Waals surface area contributed by atoms with Crippen molar-refractivity contribution in [3.8, 4) is 0 Å². The van der Waals surface area contributed by atoms with Gasteiger partial charge in [-0.2, -0.15) is 0 Å². The van der Waals surface area contributed by atoms with Gasteiger partial charge in [0.25, 0.3) is 0 Å². The predicted octanol–water partition coefficient (Wildman–Crippen LogP) is -0.0563. The maximum Gasteiger partial charge on any atom is 0.329 e. The monoisotopic (exact) mass is 308 g/mol. The Morgan fingerprint density at radius 1 is 1.15 bits per heavy atom. The van der Waals surface area contributed by atoms with Gasteiger partial charge in [0.15, 0.2) is 0 Å². The number of amides is 1. The van der Waals surface area contributed by atoms with E-state index in [4.69, 9.17) is 26.8 Å². The van der Waals surface area contributed by atoms with Crippen molar-refractivity contribution in [2.45, 2.75) is 38.8 Å². The van der Waals surface area contributed by atoms with Gasteiger partial charge < -0.3 is 20.5 Å². The van der Waals surface area contributed by atoms with Crippen molar-refractivity contribution in [2.75, 3.05) is 19.1 Å². The number of alkyl halides is 1. The first-order chi connectivity index (χ1) is 9.46. The molecule has 0 aromatic rings. The third-order valence-electron chi connectivity index (χ3n) is 2.33. The van der Waals surface area contributed by atoms with Gasteiger partial charge in [-0.3, -0.25) is 9.59 Å². The summed E-state index contributed by atoms with van der Waals surface area (Å²) in [7, 11) is 0. The highest BCUT2D eigenvalue weighted by Gasteiger charge is 2.22. The van der Waals surface area contributed by atoms with Gasteiger partial charge in [0, 0.05) is 6.42 Å². The molecular weight excluding hydrogens is 288 g/mol. The van der Waals surface area contributed by atoms with E-state index < -0.39 is 29.9 Å². The van der Waals surface area contributed by atoms with Gasteiger partial charge in [-0.15, -0.1) is 11.6 Å². The van der Waals surface area contributed by atoms with Crippen LogP contribution in [0.1, 0.15) is 26.7 Å². The molecule has 0 fully saturated rings. The normalized spacial score (nSPS) is 13.2. The third-order valence-corrected chi connectivity index (χ3v) is 2.64. The Hall–Kier alpha value is -1.34. The molecule has 2 atom stereocenters. The molecule has 8 heteroatoms. The van der Waals surface area contributed by atoms with E-state index in [9.17, 15) is 14.4 Å². The lowest BCUT2D eigenvalue weighted by molar-refractivity contribution is -0.147. The van der Waals surface area contributed by atoms with E-state index in [-0.39, 0.29) is 31.9 Å². The predicted molar refractivity (Wildman–Crippen MR) is 73.1 cm³/mol. The summed E-state index contributed by atoms with van der Waals surface area (Å²) >= 11 is 5.58. The lowest BCUT2D eigenvalue weighted by atomic mass is 10.1. The van der Waals surface area contributed by atoms with Crippen LogP contribution in [0.15, 0.2) is 0 Å². The maximum absolute atomic E-state index is 11.6. The van der Waals surface area contributed by atoms with Crippen LogP contribution >= 0.6 is 11.6 Å². The van der Waals surface area contributed by atoms with Crippen LogP contribution < -0.4 is 11.1 Å². The topological polar surface area (TPSA) is 108 Å². The maximum atomic E-state index is 11.6. The molecule has 0 bridgehead atoms. The zero-order valence-corrected chi connectivity index (χ0v) is 12.4. The lowest BCUT2D eigenvalue weighted by Gasteiger charge is -2.15. The number of nitrogens with one attached hydrogen (secondary N) is 1. The highest BCUT2D eigenvalue weighted by molar-refractivity contribution is 6.19. The van der Waals surface area contributed by atoms with Gasteiger partial charge in [0.1, 0.15) is 12.1 Å². The fourth-order valence-corrected chi connectivity index (χ4v) is 1.53. The largest absolute Gasteiger partial charge is 0.465 e. The number of carbonyl (C=O) groups is 3. The third kappa shape index (κ3) is 7.30.